The second kappa shape index (κ2) is 9.84. The molecule has 2 aromatic rings. The van der Waals surface area contributed by atoms with E-state index >= 15 is 0 Å². The monoisotopic (exact) mass is 338 g/mol. The molecule has 0 amide bonds. The zero-order chi connectivity index (χ0) is 18.1. The van der Waals surface area contributed by atoms with E-state index in [1.54, 1.807) is 0 Å². The fraction of sp³-hybridized carbons (Fsp3) is 0.381. The van der Waals surface area contributed by atoms with E-state index < -0.39 is 0 Å². The van der Waals surface area contributed by atoms with Gasteiger partial charge in [0.2, 0.25) is 0 Å². The number of guanidine groups is 1. The Morgan fingerprint density at radius 1 is 0.960 bits per heavy atom. The molecule has 0 aliphatic heterocycles. The van der Waals surface area contributed by atoms with Crippen LogP contribution in [0.4, 0.5) is 5.69 Å². The molecular weight excluding hydrogens is 308 g/mol. The largest absolute Gasteiger partial charge is 0.370 e. The third kappa shape index (κ3) is 5.91. The summed E-state index contributed by atoms with van der Waals surface area (Å²) < 4.78 is 0. The van der Waals surface area contributed by atoms with Crippen LogP contribution in [-0.4, -0.2) is 23.9 Å². The number of hydrogen-bond donors (Lipinski definition) is 2. The van der Waals surface area contributed by atoms with Gasteiger partial charge in [0, 0.05) is 12.2 Å². The van der Waals surface area contributed by atoms with Crippen molar-refractivity contribution in [3.63, 3.8) is 0 Å². The molecule has 0 aliphatic rings. The molecule has 134 valence electrons. The third-order valence-electron chi connectivity index (χ3n) is 4.46. The highest BCUT2D eigenvalue weighted by Crippen LogP contribution is 2.14. The molecule has 0 aromatic heterocycles. The van der Waals surface area contributed by atoms with Crippen molar-refractivity contribution in [2.24, 2.45) is 10.7 Å². The zero-order valence-electron chi connectivity index (χ0n) is 15.6. The first kappa shape index (κ1) is 19.0. The van der Waals surface area contributed by atoms with Gasteiger partial charge in [-0.15, -0.1) is 0 Å². The summed E-state index contributed by atoms with van der Waals surface area (Å²) >= 11 is 0. The highest BCUT2D eigenvalue weighted by Gasteiger charge is 2.06. The molecule has 4 heteroatoms. The molecule has 0 saturated carbocycles. The van der Waals surface area contributed by atoms with Crippen LogP contribution in [0, 0.1) is 0 Å². The molecule has 0 aliphatic carbocycles. The lowest BCUT2D eigenvalue weighted by Crippen LogP contribution is -2.24. The van der Waals surface area contributed by atoms with Gasteiger partial charge in [-0.25, -0.2) is 4.99 Å². The van der Waals surface area contributed by atoms with Gasteiger partial charge >= 0.3 is 0 Å². The molecule has 0 atom stereocenters. The average molecular weight is 338 g/mol. The minimum absolute atomic E-state index is 0.446. The van der Waals surface area contributed by atoms with Crippen LogP contribution in [0.25, 0.3) is 0 Å². The average Bonchev–Trinajstić information content (AvgIpc) is 2.65. The molecule has 0 spiro atoms. The van der Waals surface area contributed by atoms with Gasteiger partial charge in [0.15, 0.2) is 5.96 Å². The summed E-state index contributed by atoms with van der Waals surface area (Å²) in [5, 5.41) is 3.16. The summed E-state index contributed by atoms with van der Waals surface area (Å²) in [5.74, 6) is 0.446. The van der Waals surface area contributed by atoms with E-state index in [4.69, 9.17) is 5.73 Å². The van der Waals surface area contributed by atoms with Gasteiger partial charge in [-0.05, 0) is 48.3 Å². The Morgan fingerprint density at radius 2 is 1.60 bits per heavy atom. The lowest BCUT2D eigenvalue weighted by Gasteiger charge is -2.19. The van der Waals surface area contributed by atoms with Gasteiger partial charge in [0.1, 0.15) is 0 Å². The van der Waals surface area contributed by atoms with Crippen LogP contribution in [0.2, 0.25) is 0 Å². The van der Waals surface area contributed by atoms with Crippen molar-refractivity contribution < 1.29 is 0 Å². The van der Waals surface area contributed by atoms with E-state index in [-0.39, 0.29) is 0 Å². The fourth-order valence-corrected chi connectivity index (χ4v) is 2.74. The van der Waals surface area contributed by atoms with Crippen molar-refractivity contribution >= 4 is 11.6 Å². The molecule has 0 saturated heterocycles. The number of rotatable bonds is 8. The standard InChI is InChI=1S/C21H30N4/c1-4-17-11-13-20(14-12-17)24-21(22)23-15-18-9-7-8-10-19(18)16-25(5-2)6-3/h7-14H,4-6,15-16H2,1-3H3,(H3,22,23,24). The van der Waals surface area contributed by atoms with Crippen molar-refractivity contribution in [3.05, 3.63) is 65.2 Å². The topological polar surface area (TPSA) is 53.6 Å². The highest BCUT2D eigenvalue weighted by atomic mass is 15.1. The van der Waals surface area contributed by atoms with E-state index in [1.807, 2.05) is 12.1 Å². The van der Waals surface area contributed by atoms with Crippen molar-refractivity contribution in [2.45, 2.75) is 40.3 Å². The maximum absolute atomic E-state index is 6.06. The zero-order valence-corrected chi connectivity index (χ0v) is 15.6. The Labute approximate surface area is 151 Å². The minimum atomic E-state index is 0.446. The molecule has 0 unspecified atom stereocenters. The second-order valence-corrected chi connectivity index (χ2v) is 6.11. The summed E-state index contributed by atoms with van der Waals surface area (Å²) in [5.41, 5.74) is 10.9. The quantitative estimate of drug-likeness (QED) is 0.565. The number of nitrogens with two attached hydrogens (primary N) is 1. The first-order chi connectivity index (χ1) is 12.2. The van der Waals surface area contributed by atoms with Crippen LogP contribution in [0.3, 0.4) is 0 Å². The van der Waals surface area contributed by atoms with Crippen molar-refractivity contribution in [1.82, 2.24) is 4.90 Å². The van der Waals surface area contributed by atoms with Crippen LogP contribution in [0.5, 0.6) is 0 Å². The molecule has 0 radical (unpaired) electrons. The Bertz CT molecular complexity index is 673. The van der Waals surface area contributed by atoms with Crippen molar-refractivity contribution in [2.75, 3.05) is 18.4 Å². The SMILES string of the molecule is CCc1ccc(NC(N)=NCc2ccccc2CN(CC)CC)cc1. The maximum atomic E-state index is 6.06. The molecule has 3 N–H and O–H groups in total. The molecule has 4 nitrogen and oxygen atoms in total. The Morgan fingerprint density at radius 3 is 2.20 bits per heavy atom. The van der Waals surface area contributed by atoms with E-state index in [2.05, 4.69) is 72.4 Å². The third-order valence-corrected chi connectivity index (χ3v) is 4.46. The predicted molar refractivity (Wildman–Crippen MR) is 108 cm³/mol. The summed E-state index contributed by atoms with van der Waals surface area (Å²) in [6.45, 7) is 10.2. The lowest BCUT2D eigenvalue weighted by molar-refractivity contribution is 0.295. The minimum Gasteiger partial charge on any atom is -0.370 e. The smallest absolute Gasteiger partial charge is 0.193 e. The summed E-state index contributed by atoms with van der Waals surface area (Å²) in [4.78, 5) is 6.92. The summed E-state index contributed by atoms with van der Waals surface area (Å²) in [6, 6.07) is 16.7. The number of nitrogens with one attached hydrogen (secondary N) is 1. The van der Waals surface area contributed by atoms with Gasteiger partial charge in [0.05, 0.1) is 6.54 Å². The van der Waals surface area contributed by atoms with Crippen molar-refractivity contribution in [3.8, 4) is 0 Å². The van der Waals surface area contributed by atoms with Gasteiger partial charge in [-0.2, -0.15) is 0 Å². The van der Waals surface area contributed by atoms with Crippen LogP contribution in [0.15, 0.2) is 53.5 Å². The molecular formula is C21H30N4. The summed E-state index contributed by atoms with van der Waals surface area (Å²) in [7, 11) is 0. The lowest BCUT2D eigenvalue weighted by atomic mass is 10.1. The Kier molecular flexibility index (Phi) is 7.48. The number of anilines is 1. The van der Waals surface area contributed by atoms with E-state index in [0.717, 1.165) is 31.7 Å². The molecule has 25 heavy (non-hydrogen) atoms. The van der Waals surface area contributed by atoms with Gasteiger partial charge < -0.3 is 11.1 Å². The molecule has 0 bridgehead atoms. The number of benzene rings is 2. The molecule has 0 fully saturated rings. The van der Waals surface area contributed by atoms with Gasteiger partial charge in [-0.3, -0.25) is 4.90 Å². The van der Waals surface area contributed by atoms with Crippen LogP contribution >= 0.6 is 0 Å². The predicted octanol–water partition coefficient (Wildman–Crippen LogP) is 4.02. The number of aryl methyl sites for hydroxylation is 1. The fourth-order valence-electron chi connectivity index (χ4n) is 2.74. The first-order valence-corrected chi connectivity index (χ1v) is 9.11. The Balaban J connectivity index is 2.02. The number of hydrogen-bond acceptors (Lipinski definition) is 2. The maximum Gasteiger partial charge on any atom is 0.193 e. The highest BCUT2D eigenvalue weighted by molar-refractivity contribution is 5.92. The Hall–Kier alpha value is -2.33. The van der Waals surface area contributed by atoms with Gasteiger partial charge in [0.25, 0.3) is 0 Å². The van der Waals surface area contributed by atoms with Crippen LogP contribution in [0.1, 0.15) is 37.5 Å². The molecule has 0 heterocycles. The van der Waals surface area contributed by atoms with E-state index in [0.29, 0.717) is 12.5 Å². The first-order valence-electron chi connectivity index (χ1n) is 9.11. The van der Waals surface area contributed by atoms with E-state index in [9.17, 15) is 0 Å². The van der Waals surface area contributed by atoms with Crippen LogP contribution < -0.4 is 11.1 Å². The second-order valence-electron chi connectivity index (χ2n) is 6.11. The number of nitrogens with zero attached hydrogens (tertiary/aromatic N) is 2. The molecule has 2 rings (SSSR count). The van der Waals surface area contributed by atoms with Gasteiger partial charge in [-0.1, -0.05) is 57.2 Å². The van der Waals surface area contributed by atoms with E-state index in [1.165, 1.54) is 16.7 Å². The number of aliphatic imine (C=N–C) groups is 1. The summed E-state index contributed by atoms with van der Waals surface area (Å²) in [6.07, 6.45) is 1.03. The van der Waals surface area contributed by atoms with Crippen LogP contribution in [-0.2, 0) is 19.5 Å². The molecule has 2 aromatic carbocycles. The normalized spacial score (nSPS) is 11.8. The van der Waals surface area contributed by atoms with Crippen molar-refractivity contribution in [1.29, 1.82) is 0 Å².